The molecule has 0 atom stereocenters. The van der Waals surface area contributed by atoms with Gasteiger partial charge in [-0.05, 0) is 47.9 Å². The third-order valence-electron chi connectivity index (χ3n) is 4.07. The fraction of sp³-hybridized carbons (Fsp3) is 0.643. The number of aromatic nitrogens is 1. The van der Waals surface area contributed by atoms with E-state index in [1.54, 1.807) is 16.6 Å². The highest BCUT2D eigenvalue weighted by Crippen LogP contribution is 2.24. The van der Waals surface area contributed by atoms with Crippen LogP contribution >= 0.6 is 15.9 Å². The Bertz CT molecular complexity index is 567. The molecule has 1 aromatic rings. The Morgan fingerprint density at radius 2 is 1.90 bits per heavy atom. The molecule has 1 saturated heterocycles. The zero-order chi connectivity index (χ0) is 15.5. The maximum atomic E-state index is 12.6. The lowest BCUT2D eigenvalue weighted by atomic mass is 10.1. The van der Waals surface area contributed by atoms with Crippen molar-refractivity contribution < 1.29 is 8.42 Å². The van der Waals surface area contributed by atoms with Gasteiger partial charge in [0.25, 0.3) is 0 Å². The van der Waals surface area contributed by atoms with Crippen LogP contribution in [0.5, 0.6) is 0 Å². The SMILES string of the molecule is CCN(CC)C1CCN(S(=O)(=O)c2cncc(Br)c2)CC1. The second-order valence-corrected chi connectivity index (χ2v) is 8.05. The molecule has 0 saturated carbocycles. The van der Waals surface area contributed by atoms with Crippen LogP contribution in [-0.2, 0) is 10.0 Å². The largest absolute Gasteiger partial charge is 0.301 e. The smallest absolute Gasteiger partial charge is 0.244 e. The lowest BCUT2D eigenvalue weighted by Gasteiger charge is -2.37. The molecule has 0 bridgehead atoms. The van der Waals surface area contributed by atoms with Crippen molar-refractivity contribution in [2.45, 2.75) is 37.6 Å². The summed E-state index contributed by atoms with van der Waals surface area (Å²) >= 11 is 3.27. The number of sulfonamides is 1. The molecular weight excluding hydrogens is 354 g/mol. The number of rotatable bonds is 5. The first-order valence-corrected chi connectivity index (χ1v) is 9.57. The van der Waals surface area contributed by atoms with Crippen LogP contribution in [0.3, 0.4) is 0 Å². The highest BCUT2D eigenvalue weighted by atomic mass is 79.9. The van der Waals surface area contributed by atoms with E-state index in [0.717, 1.165) is 25.9 Å². The summed E-state index contributed by atoms with van der Waals surface area (Å²) in [6.07, 6.45) is 4.78. The summed E-state index contributed by atoms with van der Waals surface area (Å²) in [5.41, 5.74) is 0. The van der Waals surface area contributed by atoms with Crippen LogP contribution in [-0.4, -0.2) is 54.8 Å². The monoisotopic (exact) mass is 375 g/mol. The van der Waals surface area contributed by atoms with Crippen molar-refractivity contribution in [3.05, 3.63) is 22.9 Å². The molecule has 0 aromatic carbocycles. The van der Waals surface area contributed by atoms with Crippen molar-refractivity contribution in [1.29, 1.82) is 0 Å². The van der Waals surface area contributed by atoms with E-state index in [0.29, 0.717) is 23.6 Å². The van der Waals surface area contributed by atoms with Crippen molar-refractivity contribution in [2.75, 3.05) is 26.2 Å². The molecule has 118 valence electrons. The van der Waals surface area contributed by atoms with Gasteiger partial charge in [-0.2, -0.15) is 4.31 Å². The van der Waals surface area contributed by atoms with E-state index < -0.39 is 10.0 Å². The fourth-order valence-corrected chi connectivity index (χ4v) is 4.85. The Morgan fingerprint density at radius 3 is 2.43 bits per heavy atom. The van der Waals surface area contributed by atoms with E-state index in [9.17, 15) is 8.42 Å². The Morgan fingerprint density at radius 1 is 1.29 bits per heavy atom. The average Bonchev–Trinajstić information content (AvgIpc) is 2.49. The topological polar surface area (TPSA) is 53.5 Å². The standard InChI is InChI=1S/C14H22BrN3O2S/c1-3-17(4-2)13-5-7-18(8-6-13)21(19,20)14-9-12(15)10-16-11-14/h9-11,13H,3-8H2,1-2H3. The first-order chi connectivity index (χ1) is 9.98. The Hall–Kier alpha value is -0.500. The zero-order valence-corrected chi connectivity index (χ0v) is 14.9. The minimum Gasteiger partial charge on any atom is -0.301 e. The highest BCUT2D eigenvalue weighted by Gasteiger charge is 2.31. The molecule has 7 heteroatoms. The zero-order valence-electron chi connectivity index (χ0n) is 12.5. The van der Waals surface area contributed by atoms with Gasteiger partial charge in [0.2, 0.25) is 10.0 Å². The third kappa shape index (κ3) is 3.83. The fourth-order valence-electron chi connectivity index (χ4n) is 2.87. The van der Waals surface area contributed by atoms with Crippen LogP contribution < -0.4 is 0 Å². The quantitative estimate of drug-likeness (QED) is 0.792. The van der Waals surface area contributed by atoms with Gasteiger partial charge in [0.1, 0.15) is 4.90 Å². The average molecular weight is 376 g/mol. The Labute approximate surface area is 135 Å². The van der Waals surface area contributed by atoms with Gasteiger partial charge in [0.05, 0.1) is 0 Å². The summed E-state index contributed by atoms with van der Waals surface area (Å²) in [5, 5.41) is 0. The van der Waals surface area contributed by atoms with Crippen molar-refractivity contribution in [3.63, 3.8) is 0 Å². The van der Waals surface area contributed by atoms with E-state index in [4.69, 9.17) is 0 Å². The van der Waals surface area contributed by atoms with Gasteiger partial charge in [0.15, 0.2) is 0 Å². The molecule has 0 N–H and O–H groups in total. The number of hydrogen-bond acceptors (Lipinski definition) is 4. The Balaban J connectivity index is 2.08. The first kappa shape index (κ1) is 16.9. The van der Waals surface area contributed by atoms with Crippen LogP contribution in [0.2, 0.25) is 0 Å². The normalized spacial score (nSPS) is 18.3. The van der Waals surface area contributed by atoms with E-state index in [1.165, 1.54) is 6.20 Å². The number of hydrogen-bond donors (Lipinski definition) is 0. The lowest BCUT2D eigenvalue weighted by molar-refractivity contribution is 0.152. The molecular formula is C14H22BrN3O2S. The van der Waals surface area contributed by atoms with E-state index >= 15 is 0 Å². The molecule has 0 spiro atoms. The van der Waals surface area contributed by atoms with E-state index in [2.05, 4.69) is 39.7 Å². The van der Waals surface area contributed by atoms with E-state index in [-0.39, 0.29) is 4.90 Å². The molecule has 0 amide bonds. The molecule has 1 fully saturated rings. The Kier molecular flexibility index (Phi) is 5.76. The predicted octanol–water partition coefficient (Wildman–Crippen LogP) is 2.34. The van der Waals surface area contributed by atoms with Crippen LogP contribution in [0.15, 0.2) is 27.8 Å². The lowest BCUT2D eigenvalue weighted by Crippen LogP contribution is -2.46. The summed E-state index contributed by atoms with van der Waals surface area (Å²) < 4.78 is 27.5. The number of nitrogens with zero attached hydrogens (tertiary/aromatic N) is 3. The maximum absolute atomic E-state index is 12.6. The third-order valence-corrected chi connectivity index (χ3v) is 6.37. The van der Waals surface area contributed by atoms with Crippen molar-refractivity contribution in [2.24, 2.45) is 0 Å². The maximum Gasteiger partial charge on any atom is 0.244 e. The van der Waals surface area contributed by atoms with Gasteiger partial charge in [0, 0.05) is 36.0 Å². The summed E-state index contributed by atoms with van der Waals surface area (Å²) in [6, 6.07) is 2.10. The van der Waals surface area contributed by atoms with Crippen molar-refractivity contribution >= 4 is 26.0 Å². The number of pyridine rings is 1. The minimum atomic E-state index is -3.42. The molecule has 2 rings (SSSR count). The van der Waals surface area contributed by atoms with E-state index in [1.807, 2.05) is 0 Å². The van der Waals surface area contributed by atoms with Crippen molar-refractivity contribution in [1.82, 2.24) is 14.2 Å². The second kappa shape index (κ2) is 7.17. The molecule has 21 heavy (non-hydrogen) atoms. The molecule has 1 aliphatic heterocycles. The summed E-state index contributed by atoms with van der Waals surface area (Å²) in [5.74, 6) is 0. The van der Waals surface area contributed by atoms with Crippen LogP contribution in [0.1, 0.15) is 26.7 Å². The summed E-state index contributed by atoms with van der Waals surface area (Å²) in [7, 11) is -3.42. The van der Waals surface area contributed by atoms with Gasteiger partial charge >= 0.3 is 0 Å². The summed E-state index contributed by atoms with van der Waals surface area (Å²) in [6.45, 7) is 7.50. The molecule has 0 radical (unpaired) electrons. The molecule has 5 nitrogen and oxygen atoms in total. The molecule has 1 aromatic heterocycles. The van der Waals surface area contributed by atoms with Gasteiger partial charge < -0.3 is 4.90 Å². The van der Waals surface area contributed by atoms with Crippen LogP contribution in [0, 0.1) is 0 Å². The van der Waals surface area contributed by atoms with Gasteiger partial charge in [-0.1, -0.05) is 13.8 Å². The molecule has 0 unspecified atom stereocenters. The summed E-state index contributed by atoms with van der Waals surface area (Å²) in [4.78, 5) is 6.62. The first-order valence-electron chi connectivity index (χ1n) is 7.33. The molecule has 1 aliphatic rings. The van der Waals surface area contributed by atoms with Gasteiger partial charge in [-0.15, -0.1) is 0 Å². The van der Waals surface area contributed by atoms with Crippen LogP contribution in [0.4, 0.5) is 0 Å². The number of piperidine rings is 1. The number of halogens is 1. The van der Waals surface area contributed by atoms with Crippen molar-refractivity contribution in [3.8, 4) is 0 Å². The van der Waals surface area contributed by atoms with Crippen LogP contribution in [0.25, 0.3) is 0 Å². The van der Waals surface area contributed by atoms with Gasteiger partial charge in [-0.25, -0.2) is 8.42 Å². The highest BCUT2D eigenvalue weighted by molar-refractivity contribution is 9.10. The molecule has 0 aliphatic carbocycles. The minimum absolute atomic E-state index is 0.262. The van der Waals surface area contributed by atoms with Gasteiger partial charge in [-0.3, -0.25) is 4.98 Å². The predicted molar refractivity (Wildman–Crippen MR) is 86.6 cm³/mol. The molecule has 2 heterocycles. The second-order valence-electron chi connectivity index (χ2n) is 5.20.